The van der Waals surface area contributed by atoms with Gasteiger partial charge in [0.1, 0.15) is 0 Å². The van der Waals surface area contributed by atoms with Gasteiger partial charge in [-0.05, 0) is 72.6 Å². The summed E-state index contributed by atoms with van der Waals surface area (Å²) in [6.45, 7) is 15.8. The Kier molecular flexibility index (Phi) is 6.00. The second-order valence-corrected chi connectivity index (χ2v) is 6.22. The van der Waals surface area contributed by atoms with E-state index >= 15 is 0 Å². The number of allylic oxidation sites excluding steroid dienone is 4. The minimum Gasteiger partial charge on any atom is -0.103 e. The smallest absolute Gasteiger partial charge is 0.00972 e. The molecule has 116 valence electrons. The van der Waals surface area contributed by atoms with E-state index in [0.717, 1.165) is 25.7 Å². The zero-order chi connectivity index (χ0) is 15.9. The Morgan fingerprint density at radius 3 is 1.45 bits per heavy atom. The summed E-state index contributed by atoms with van der Waals surface area (Å²) in [5, 5.41) is 0. The van der Waals surface area contributed by atoms with E-state index in [0.29, 0.717) is 11.8 Å². The first-order valence-electron chi connectivity index (χ1n) is 8.34. The molecule has 1 aliphatic rings. The van der Waals surface area contributed by atoms with Crippen molar-refractivity contribution in [2.45, 2.75) is 50.4 Å². The Morgan fingerprint density at radius 1 is 0.727 bits per heavy atom. The maximum atomic E-state index is 3.96. The molecule has 22 heavy (non-hydrogen) atoms. The molecule has 0 nitrogen and oxygen atoms in total. The van der Waals surface area contributed by atoms with E-state index in [-0.39, 0.29) is 0 Å². The number of benzene rings is 1. The summed E-state index contributed by atoms with van der Waals surface area (Å²) >= 11 is 0. The molecule has 0 saturated carbocycles. The molecule has 1 aliphatic carbocycles. The lowest BCUT2D eigenvalue weighted by atomic mass is 9.70. The van der Waals surface area contributed by atoms with Crippen molar-refractivity contribution in [1.82, 2.24) is 0 Å². The van der Waals surface area contributed by atoms with Gasteiger partial charge in [0.2, 0.25) is 0 Å². The number of hydrogen-bond acceptors (Lipinski definition) is 0. The largest absolute Gasteiger partial charge is 0.103 e. The summed E-state index contributed by atoms with van der Waals surface area (Å²) < 4.78 is 0. The average molecular weight is 292 g/mol. The first kappa shape index (κ1) is 16.5. The van der Waals surface area contributed by atoms with Crippen molar-refractivity contribution in [2.75, 3.05) is 0 Å². The van der Waals surface area contributed by atoms with E-state index < -0.39 is 0 Å². The molecule has 0 N–H and O–H groups in total. The summed E-state index contributed by atoms with van der Waals surface area (Å²) in [6.07, 6.45) is 14.7. The molecule has 2 atom stereocenters. The summed E-state index contributed by atoms with van der Waals surface area (Å²) in [4.78, 5) is 0. The predicted molar refractivity (Wildman–Crippen MR) is 98.6 cm³/mol. The summed E-state index contributed by atoms with van der Waals surface area (Å²) in [6, 6.07) is 4.59. The van der Waals surface area contributed by atoms with Crippen molar-refractivity contribution in [3.05, 3.63) is 85.0 Å². The van der Waals surface area contributed by atoms with Gasteiger partial charge < -0.3 is 0 Å². The van der Waals surface area contributed by atoms with Crippen molar-refractivity contribution in [3.63, 3.8) is 0 Å². The van der Waals surface area contributed by atoms with Crippen LogP contribution in [-0.4, -0.2) is 0 Å². The van der Waals surface area contributed by atoms with E-state index in [4.69, 9.17) is 0 Å². The van der Waals surface area contributed by atoms with Gasteiger partial charge in [-0.25, -0.2) is 0 Å². The quantitative estimate of drug-likeness (QED) is 0.496. The molecule has 0 bridgehead atoms. The van der Waals surface area contributed by atoms with Crippen LogP contribution in [0.2, 0.25) is 0 Å². The molecular weight excluding hydrogens is 264 g/mol. The van der Waals surface area contributed by atoms with Gasteiger partial charge in [-0.2, -0.15) is 0 Å². The Balaban J connectivity index is 2.61. The maximum Gasteiger partial charge on any atom is -0.00972 e. The van der Waals surface area contributed by atoms with Crippen LogP contribution in [0.15, 0.2) is 62.8 Å². The van der Waals surface area contributed by atoms with E-state index in [1.807, 2.05) is 12.2 Å². The highest BCUT2D eigenvalue weighted by Crippen LogP contribution is 2.45. The molecule has 0 heterocycles. The second kappa shape index (κ2) is 7.98. The molecule has 2 unspecified atom stereocenters. The van der Waals surface area contributed by atoms with Crippen molar-refractivity contribution in [3.8, 4) is 0 Å². The van der Waals surface area contributed by atoms with Gasteiger partial charge in [0.05, 0.1) is 0 Å². The predicted octanol–water partition coefficient (Wildman–Crippen LogP) is 6.26. The van der Waals surface area contributed by atoms with Crippen LogP contribution in [0.4, 0.5) is 0 Å². The molecule has 0 heteroatoms. The Labute approximate surface area is 136 Å². The van der Waals surface area contributed by atoms with Crippen LogP contribution in [0.5, 0.6) is 0 Å². The van der Waals surface area contributed by atoms with Gasteiger partial charge in [-0.1, -0.05) is 36.4 Å². The normalized spacial score (nSPS) is 20.0. The lowest BCUT2D eigenvalue weighted by Gasteiger charge is -2.34. The zero-order valence-corrected chi connectivity index (χ0v) is 13.7. The zero-order valence-electron chi connectivity index (χ0n) is 13.7. The molecule has 0 aromatic heterocycles. The summed E-state index contributed by atoms with van der Waals surface area (Å²) in [5.41, 5.74) is 6.02. The minimum absolute atomic E-state index is 0.605. The second-order valence-electron chi connectivity index (χ2n) is 6.22. The average Bonchev–Trinajstić information content (AvgIpc) is 2.52. The highest BCUT2D eigenvalue weighted by Gasteiger charge is 2.29. The minimum atomic E-state index is 0.605. The first-order chi connectivity index (χ1) is 10.8. The van der Waals surface area contributed by atoms with Gasteiger partial charge in [0.15, 0.2) is 0 Å². The van der Waals surface area contributed by atoms with Crippen molar-refractivity contribution < 1.29 is 0 Å². The molecule has 0 fully saturated rings. The molecule has 0 amide bonds. The van der Waals surface area contributed by atoms with Crippen LogP contribution in [0.1, 0.15) is 59.8 Å². The SMILES string of the molecule is C=CCc1ccc(CC=C)c2c1C(CC=C)CCC2CC=C. The van der Waals surface area contributed by atoms with Gasteiger partial charge in [0.25, 0.3) is 0 Å². The highest BCUT2D eigenvalue weighted by atomic mass is 14.3. The van der Waals surface area contributed by atoms with E-state index in [1.165, 1.54) is 24.0 Å². The summed E-state index contributed by atoms with van der Waals surface area (Å²) in [5.74, 6) is 1.21. The van der Waals surface area contributed by atoms with Crippen LogP contribution in [0, 0.1) is 0 Å². The van der Waals surface area contributed by atoms with Crippen molar-refractivity contribution in [2.24, 2.45) is 0 Å². The molecule has 2 rings (SSSR count). The summed E-state index contributed by atoms with van der Waals surface area (Å²) in [7, 11) is 0. The first-order valence-corrected chi connectivity index (χ1v) is 8.34. The van der Waals surface area contributed by atoms with E-state index in [1.54, 1.807) is 11.1 Å². The third-order valence-corrected chi connectivity index (χ3v) is 4.78. The standard InChI is InChI=1S/C22H28/c1-5-9-17-13-14-19(11-7-3)22-20(12-8-4)16-15-18(10-6-2)21(17)22/h5-8,13-14,18,20H,1-4,9-12,15-16H2. The Morgan fingerprint density at radius 2 is 1.14 bits per heavy atom. The van der Waals surface area contributed by atoms with Crippen LogP contribution in [0.3, 0.4) is 0 Å². The van der Waals surface area contributed by atoms with Gasteiger partial charge >= 0.3 is 0 Å². The Hall–Kier alpha value is -1.82. The van der Waals surface area contributed by atoms with Crippen molar-refractivity contribution in [1.29, 1.82) is 0 Å². The van der Waals surface area contributed by atoms with Crippen LogP contribution < -0.4 is 0 Å². The highest BCUT2D eigenvalue weighted by molar-refractivity contribution is 5.49. The number of hydrogen-bond donors (Lipinski definition) is 0. The van der Waals surface area contributed by atoms with Crippen LogP contribution in [-0.2, 0) is 12.8 Å². The fourth-order valence-electron chi connectivity index (χ4n) is 3.92. The van der Waals surface area contributed by atoms with Gasteiger partial charge in [0, 0.05) is 0 Å². The Bertz CT molecular complexity index is 511. The fourth-order valence-corrected chi connectivity index (χ4v) is 3.92. The lowest BCUT2D eigenvalue weighted by Crippen LogP contribution is -2.18. The molecule has 0 aliphatic heterocycles. The van der Waals surface area contributed by atoms with Gasteiger partial charge in [-0.3, -0.25) is 0 Å². The van der Waals surface area contributed by atoms with Crippen LogP contribution in [0.25, 0.3) is 0 Å². The number of rotatable bonds is 8. The van der Waals surface area contributed by atoms with Gasteiger partial charge in [-0.15, -0.1) is 26.3 Å². The third kappa shape index (κ3) is 3.32. The third-order valence-electron chi connectivity index (χ3n) is 4.78. The lowest BCUT2D eigenvalue weighted by molar-refractivity contribution is 0.481. The monoisotopic (exact) mass is 292 g/mol. The number of fused-ring (bicyclic) bond motifs is 1. The molecule has 0 saturated heterocycles. The van der Waals surface area contributed by atoms with Crippen LogP contribution >= 0.6 is 0 Å². The molecule has 1 aromatic carbocycles. The maximum absolute atomic E-state index is 3.96. The molecule has 1 aromatic rings. The topological polar surface area (TPSA) is 0 Å². The van der Waals surface area contributed by atoms with E-state index in [2.05, 4.69) is 50.6 Å². The van der Waals surface area contributed by atoms with Crippen molar-refractivity contribution >= 4 is 0 Å². The molecule has 0 radical (unpaired) electrons. The van der Waals surface area contributed by atoms with E-state index in [9.17, 15) is 0 Å². The molecular formula is C22H28. The fraction of sp³-hybridized carbons (Fsp3) is 0.364. The molecule has 0 spiro atoms.